The zero-order valence-electron chi connectivity index (χ0n) is 15.3. The van der Waals surface area contributed by atoms with Crippen molar-refractivity contribution in [3.63, 3.8) is 0 Å². The third-order valence-electron chi connectivity index (χ3n) is 4.11. The normalized spacial score (nSPS) is 10.8. The first-order valence-corrected chi connectivity index (χ1v) is 8.66. The molecule has 0 fully saturated rings. The number of methoxy groups -OCH3 is 1. The number of hydrogen-bond donors (Lipinski definition) is 2. The summed E-state index contributed by atoms with van der Waals surface area (Å²) in [6.45, 7) is 0.442. The Morgan fingerprint density at radius 3 is 2.50 bits per heavy atom. The zero-order chi connectivity index (χ0) is 19.9. The maximum Gasteiger partial charge on any atom is 0.189 e. The lowest BCUT2D eigenvalue weighted by molar-refractivity contribution is 0.104. The van der Waals surface area contributed by atoms with Crippen LogP contribution in [-0.2, 0) is 6.61 Å². The van der Waals surface area contributed by atoms with Crippen molar-refractivity contribution in [1.29, 1.82) is 0 Å². The number of hydrogen-bond acceptors (Lipinski definition) is 5. The van der Waals surface area contributed by atoms with E-state index >= 15 is 0 Å². The van der Waals surface area contributed by atoms with Gasteiger partial charge in [-0.3, -0.25) is 4.79 Å². The molecule has 0 amide bonds. The number of aromatic hydroxyl groups is 2. The maximum absolute atomic E-state index is 12.3. The number of ketones is 1. The molecule has 3 rings (SSSR count). The van der Waals surface area contributed by atoms with Crippen molar-refractivity contribution in [2.24, 2.45) is 0 Å². The molecule has 0 saturated heterocycles. The second-order valence-electron chi connectivity index (χ2n) is 6.08. The Labute approximate surface area is 163 Å². The van der Waals surface area contributed by atoms with Crippen molar-refractivity contribution < 1.29 is 24.5 Å². The fraction of sp³-hybridized carbons (Fsp3) is 0.0870. The van der Waals surface area contributed by atoms with Crippen LogP contribution in [0.3, 0.4) is 0 Å². The maximum atomic E-state index is 12.3. The average molecular weight is 376 g/mol. The highest BCUT2D eigenvalue weighted by atomic mass is 16.5. The van der Waals surface area contributed by atoms with Crippen molar-refractivity contribution in [3.05, 3.63) is 89.5 Å². The summed E-state index contributed by atoms with van der Waals surface area (Å²) in [6, 6.07) is 19.0. The second kappa shape index (κ2) is 8.77. The van der Waals surface area contributed by atoms with Crippen LogP contribution >= 0.6 is 0 Å². The molecule has 0 atom stereocenters. The number of phenols is 2. The van der Waals surface area contributed by atoms with Gasteiger partial charge in [-0.25, -0.2) is 0 Å². The van der Waals surface area contributed by atoms with Gasteiger partial charge in [-0.2, -0.15) is 0 Å². The van der Waals surface area contributed by atoms with Crippen molar-refractivity contribution in [2.75, 3.05) is 7.11 Å². The fourth-order valence-electron chi connectivity index (χ4n) is 2.64. The van der Waals surface area contributed by atoms with E-state index in [0.29, 0.717) is 23.7 Å². The lowest BCUT2D eigenvalue weighted by Crippen LogP contribution is -1.97. The molecule has 3 aromatic rings. The van der Waals surface area contributed by atoms with E-state index in [-0.39, 0.29) is 22.8 Å². The minimum Gasteiger partial charge on any atom is -0.508 e. The summed E-state index contributed by atoms with van der Waals surface area (Å²) in [6.07, 6.45) is 2.95. The SMILES string of the molecule is COc1cc(OCc2ccccc2)ccc1C=CC(=O)c1ccc(O)cc1O. The predicted molar refractivity (Wildman–Crippen MR) is 107 cm³/mol. The first kappa shape index (κ1) is 19.0. The molecule has 0 bridgehead atoms. The van der Waals surface area contributed by atoms with E-state index in [1.807, 2.05) is 30.3 Å². The number of carbonyl (C=O) groups excluding carboxylic acids is 1. The first-order valence-electron chi connectivity index (χ1n) is 8.66. The molecule has 0 heterocycles. The van der Waals surface area contributed by atoms with Gasteiger partial charge in [-0.05, 0) is 42.0 Å². The molecular weight excluding hydrogens is 356 g/mol. The molecule has 5 heteroatoms. The zero-order valence-corrected chi connectivity index (χ0v) is 15.3. The quantitative estimate of drug-likeness (QED) is 0.466. The summed E-state index contributed by atoms with van der Waals surface area (Å²) in [5.41, 5.74) is 1.86. The molecule has 0 radical (unpaired) electrons. The van der Waals surface area contributed by atoms with Crippen LogP contribution < -0.4 is 9.47 Å². The van der Waals surface area contributed by atoms with E-state index in [9.17, 15) is 15.0 Å². The summed E-state index contributed by atoms with van der Waals surface area (Å²) >= 11 is 0. The van der Waals surface area contributed by atoms with Crippen LogP contribution in [0.1, 0.15) is 21.5 Å². The number of phenolic OH excluding ortho intramolecular Hbond substituents is 2. The molecule has 0 unspecified atom stereocenters. The van der Waals surface area contributed by atoms with Gasteiger partial charge in [0.05, 0.1) is 12.7 Å². The van der Waals surface area contributed by atoms with E-state index < -0.39 is 0 Å². The molecule has 142 valence electrons. The Morgan fingerprint density at radius 1 is 1.00 bits per heavy atom. The highest BCUT2D eigenvalue weighted by molar-refractivity contribution is 6.08. The van der Waals surface area contributed by atoms with Crippen LogP contribution in [0.2, 0.25) is 0 Å². The molecule has 0 aliphatic heterocycles. The lowest BCUT2D eigenvalue weighted by atomic mass is 10.1. The Hall–Kier alpha value is -3.73. The molecule has 28 heavy (non-hydrogen) atoms. The predicted octanol–water partition coefficient (Wildman–Crippen LogP) is 4.58. The van der Waals surface area contributed by atoms with Gasteiger partial charge in [0.15, 0.2) is 5.78 Å². The van der Waals surface area contributed by atoms with Gasteiger partial charge in [0.2, 0.25) is 0 Å². The van der Waals surface area contributed by atoms with Crippen LogP contribution in [0.15, 0.2) is 72.8 Å². The molecule has 2 N–H and O–H groups in total. The van der Waals surface area contributed by atoms with Crippen molar-refractivity contribution in [2.45, 2.75) is 6.61 Å². The average Bonchev–Trinajstić information content (AvgIpc) is 2.71. The van der Waals surface area contributed by atoms with Crippen LogP contribution in [0.25, 0.3) is 6.08 Å². The van der Waals surface area contributed by atoms with Gasteiger partial charge in [0.25, 0.3) is 0 Å². The lowest BCUT2D eigenvalue weighted by Gasteiger charge is -2.10. The van der Waals surface area contributed by atoms with Crippen LogP contribution in [0.5, 0.6) is 23.0 Å². The minimum absolute atomic E-state index is 0.106. The molecule has 0 aliphatic rings. The summed E-state index contributed by atoms with van der Waals surface area (Å²) in [5, 5.41) is 19.1. The molecule has 0 saturated carbocycles. The number of benzene rings is 3. The Morgan fingerprint density at radius 2 is 1.79 bits per heavy atom. The van der Waals surface area contributed by atoms with Crippen LogP contribution in [-0.4, -0.2) is 23.1 Å². The standard InChI is InChI=1S/C23H20O5/c1-27-23-14-19(28-15-16-5-3-2-4-6-16)10-7-17(23)8-12-21(25)20-11-9-18(24)13-22(20)26/h2-14,24,26H,15H2,1H3. The summed E-state index contributed by atoms with van der Waals surface area (Å²) in [4.78, 5) is 12.3. The highest BCUT2D eigenvalue weighted by Crippen LogP contribution is 2.27. The monoisotopic (exact) mass is 376 g/mol. The summed E-state index contributed by atoms with van der Waals surface area (Å²) in [7, 11) is 1.54. The van der Waals surface area contributed by atoms with Gasteiger partial charge >= 0.3 is 0 Å². The molecule has 5 nitrogen and oxygen atoms in total. The Bertz CT molecular complexity index is 993. The van der Waals surface area contributed by atoms with Gasteiger partial charge in [0, 0.05) is 17.7 Å². The number of carbonyl (C=O) groups is 1. The third-order valence-corrected chi connectivity index (χ3v) is 4.11. The van der Waals surface area contributed by atoms with E-state index in [0.717, 1.165) is 11.6 Å². The van der Waals surface area contributed by atoms with Crippen LogP contribution in [0.4, 0.5) is 0 Å². The van der Waals surface area contributed by atoms with Gasteiger partial charge < -0.3 is 19.7 Å². The Kier molecular flexibility index (Phi) is 5.97. The third kappa shape index (κ3) is 4.71. The van der Waals surface area contributed by atoms with Crippen molar-refractivity contribution >= 4 is 11.9 Å². The fourth-order valence-corrected chi connectivity index (χ4v) is 2.64. The number of rotatable bonds is 7. The smallest absolute Gasteiger partial charge is 0.189 e. The van der Waals surface area contributed by atoms with E-state index in [1.54, 1.807) is 31.4 Å². The molecule has 0 aromatic heterocycles. The molecular formula is C23H20O5. The summed E-state index contributed by atoms with van der Waals surface area (Å²) < 4.78 is 11.2. The van der Waals surface area contributed by atoms with Gasteiger partial charge in [-0.15, -0.1) is 0 Å². The highest BCUT2D eigenvalue weighted by Gasteiger charge is 2.10. The van der Waals surface area contributed by atoms with E-state index in [1.165, 1.54) is 18.2 Å². The van der Waals surface area contributed by atoms with Gasteiger partial charge in [-0.1, -0.05) is 30.3 Å². The second-order valence-corrected chi connectivity index (χ2v) is 6.08. The summed E-state index contributed by atoms with van der Waals surface area (Å²) in [5.74, 6) is 0.450. The minimum atomic E-state index is -0.385. The van der Waals surface area contributed by atoms with E-state index in [4.69, 9.17) is 9.47 Å². The Balaban J connectivity index is 1.73. The number of ether oxygens (including phenoxy) is 2. The first-order chi connectivity index (χ1) is 13.6. The molecule has 3 aromatic carbocycles. The topological polar surface area (TPSA) is 76.0 Å². The van der Waals surface area contributed by atoms with Crippen molar-refractivity contribution in [3.8, 4) is 23.0 Å². The molecule has 0 aliphatic carbocycles. The van der Waals surface area contributed by atoms with E-state index in [2.05, 4.69) is 0 Å². The van der Waals surface area contributed by atoms with Crippen LogP contribution in [0, 0.1) is 0 Å². The van der Waals surface area contributed by atoms with Crippen molar-refractivity contribution in [1.82, 2.24) is 0 Å². The molecule has 0 spiro atoms. The largest absolute Gasteiger partial charge is 0.508 e. The number of allylic oxidation sites excluding steroid dienone is 1. The van der Waals surface area contributed by atoms with Gasteiger partial charge in [0.1, 0.15) is 29.6 Å².